The fraction of sp³-hybridized carbons (Fsp3) is 0.0526. The molecule has 0 aliphatic carbocycles. The number of pyridine rings is 1. The van der Waals surface area contributed by atoms with Gasteiger partial charge in [-0.2, -0.15) is 0 Å². The van der Waals surface area contributed by atoms with E-state index in [1.165, 1.54) is 18.2 Å². The van der Waals surface area contributed by atoms with Gasteiger partial charge >= 0.3 is 0 Å². The fourth-order valence-corrected chi connectivity index (χ4v) is 4.27. The van der Waals surface area contributed by atoms with Gasteiger partial charge in [0.1, 0.15) is 10.7 Å². The number of hydrogen-bond acceptors (Lipinski definition) is 4. The number of guanidine groups is 1. The van der Waals surface area contributed by atoms with Gasteiger partial charge in [-0.3, -0.25) is 4.98 Å². The van der Waals surface area contributed by atoms with E-state index >= 15 is 0 Å². The number of anilines is 1. The maximum Gasteiger partial charge on any atom is 0.266 e. The minimum Gasteiger partial charge on any atom is -0.324 e. The van der Waals surface area contributed by atoms with E-state index in [4.69, 9.17) is 11.6 Å². The molecule has 2 heterocycles. The molecule has 4 rings (SSSR count). The summed E-state index contributed by atoms with van der Waals surface area (Å²) in [5, 5.41) is 2.90. The van der Waals surface area contributed by atoms with Crippen molar-refractivity contribution in [3.8, 4) is 11.1 Å². The molecule has 2 N–H and O–H groups in total. The van der Waals surface area contributed by atoms with E-state index in [0.717, 1.165) is 0 Å². The van der Waals surface area contributed by atoms with Crippen LogP contribution in [-0.4, -0.2) is 19.4 Å². The average molecular weight is 417 g/mol. The number of rotatable bonds is 3. The molecule has 6 nitrogen and oxygen atoms in total. The van der Waals surface area contributed by atoms with Crippen LogP contribution in [0.25, 0.3) is 11.1 Å². The highest BCUT2D eigenvalue weighted by molar-refractivity contribution is 7.90. The van der Waals surface area contributed by atoms with E-state index < -0.39 is 15.8 Å². The first-order valence-electron chi connectivity index (χ1n) is 8.27. The van der Waals surface area contributed by atoms with Gasteiger partial charge in [-0.15, -0.1) is 0 Å². The lowest BCUT2D eigenvalue weighted by Crippen LogP contribution is -2.41. The van der Waals surface area contributed by atoms with Crippen molar-refractivity contribution < 1.29 is 12.8 Å². The highest BCUT2D eigenvalue weighted by atomic mass is 35.5. The molecule has 0 atom stereocenters. The minimum atomic E-state index is -3.85. The third kappa shape index (κ3) is 3.44. The van der Waals surface area contributed by atoms with Crippen molar-refractivity contribution in [3.05, 3.63) is 77.3 Å². The molecular formula is C19H14ClFN4O2S. The number of para-hydroxylation sites is 1. The number of halogens is 2. The molecule has 28 heavy (non-hydrogen) atoms. The Hall–Kier alpha value is -2.97. The summed E-state index contributed by atoms with van der Waals surface area (Å²) in [6.07, 6.45) is 1.63. The second-order valence-corrected chi connectivity index (χ2v) is 8.03. The van der Waals surface area contributed by atoms with Crippen LogP contribution in [0.2, 0.25) is 5.02 Å². The van der Waals surface area contributed by atoms with Crippen LogP contribution in [0.15, 0.2) is 70.7 Å². The van der Waals surface area contributed by atoms with Gasteiger partial charge in [-0.05, 0) is 24.3 Å². The molecular weight excluding hydrogens is 403 g/mol. The van der Waals surface area contributed by atoms with Crippen LogP contribution in [0.1, 0.15) is 5.69 Å². The van der Waals surface area contributed by atoms with Crippen molar-refractivity contribution in [1.82, 2.24) is 9.71 Å². The van der Waals surface area contributed by atoms with Crippen molar-refractivity contribution >= 4 is 33.3 Å². The molecule has 0 unspecified atom stereocenters. The summed E-state index contributed by atoms with van der Waals surface area (Å²) in [7, 11) is -3.85. The lowest BCUT2D eigenvalue weighted by atomic mass is 10.0. The molecule has 0 spiro atoms. The Labute approximate surface area is 166 Å². The Kier molecular flexibility index (Phi) is 4.74. The standard InChI is InChI=1S/C19H14ClFN4O2S/c20-17-13(6-3-8-15(17)21)14-7-4-9-16-18(14)24-19(25-28(16,26)27)23-11-12-5-1-2-10-22-12/h1-10H,11H2,(H2,23,24,25). The Morgan fingerprint density at radius 3 is 2.61 bits per heavy atom. The van der Waals surface area contributed by atoms with Gasteiger partial charge in [-0.1, -0.05) is 41.9 Å². The van der Waals surface area contributed by atoms with Crippen molar-refractivity contribution in [1.29, 1.82) is 0 Å². The molecule has 0 amide bonds. The van der Waals surface area contributed by atoms with Gasteiger partial charge in [0, 0.05) is 17.3 Å². The van der Waals surface area contributed by atoms with Crippen LogP contribution in [-0.2, 0) is 16.6 Å². The first-order valence-corrected chi connectivity index (χ1v) is 10.1. The molecule has 0 saturated heterocycles. The molecule has 3 aromatic rings. The van der Waals surface area contributed by atoms with Crippen LogP contribution in [0.3, 0.4) is 0 Å². The zero-order valence-corrected chi connectivity index (χ0v) is 15.9. The second-order valence-electron chi connectivity index (χ2n) is 6.00. The van der Waals surface area contributed by atoms with Crippen molar-refractivity contribution in [2.75, 3.05) is 5.32 Å². The first kappa shape index (κ1) is 18.4. The third-order valence-corrected chi connectivity index (χ3v) is 5.92. The van der Waals surface area contributed by atoms with Gasteiger partial charge in [-0.25, -0.2) is 22.5 Å². The smallest absolute Gasteiger partial charge is 0.266 e. The third-order valence-electron chi connectivity index (χ3n) is 4.16. The van der Waals surface area contributed by atoms with E-state index in [-0.39, 0.29) is 28.1 Å². The van der Waals surface area contributed by atoms with Gasteiger partial charge in [0.05, 0.1) is 22.9 Å². The average Bonchev–Trinajstić information content (AvgIpc) is 2.69. The van der Waals surface area contributed by atoms with Gasteiger partial charge in [0.25, 0.3) is 10.0 Å². The van der Waals surface area contributed by atoms with E-state index in [0.29, 0.717) is 16.8 Å². The van der Waals surface area contributed by atoms with Crippen molar-refractivity contribution in [2.45, 2.75) is 11.4 Å². The summed E-state index contributed by atoms with van der Waals surface area (Å²) in [5.41, 5.74) is 1.81. The monoisotopic (exact) mass is 416 g/mol. The second kappa shape index (κ2) is 7.21. The number of benzene rings is 2. The zero-order chi connectivity index (χ0) is 19.7. The first-order chi connectivity index (χ1) is 13.5. The number of sulfonamides is 1. The number of nitrogens with zero attached hydrogens (tertiary/aromatic N) is 2. The molecule has 0 radical (unpaired) electrons. The molecule has 142 valence electrons. The Bertz CT molecular complexity index is 1180. The zero-order valence-electron chi connectivity index (χ0n) is 14.4. The quantitative estimate of drug-likeness (QED) is 0.680. The number of aliphatic imine (C=N–C) groups is 1. The van der Waals surface area contributed by atoms with Gasteiger partial charge in [0.2, 0.25) is 5.96 Å². The predicted octanol–water partition coefficient (Wildman–Crippen LogP) is 3.80. The topological polar surface area (TPSA) is 83.5 Å². The molecule has 0 fully saturated rings. The summed E-state index contributed by atoms with van der Waals surface area (Å²) < 4.78 is 41.7. The number of fused-ring (bicyclic) bond motifs is 1. The van der Waals surface area contributed by atoms with E-state index in [2.05, 4.69) is 20.0 Å². The summed E-state index contributed by atoms with van der Waals surface area (Å²) >= 11 is 6.11. The number of aromatic nitrogens is 1. The summed E-state index contributed by atoms with van der Waals surface area (Å²) in [4.78, 5) is 8.46. The summed E-state index contributed by atoms with van der Waals surface area (Å²) in [6.45, 7) is 0.184. The minimum absolute atomic E-state index is 0.0297. The number of nitrogens with one attached hydrogen (secondary N) is 2. The van der Waals surface area contributed by atoms with Crippen molar-refractivity contribution in [2.24, 2.45) is 4.99 Å². The van der Waals surface area contributed by atoms with Crippen LogP contribution in [0.4, 0.5) is 10.1 Å². The molecule has 1 aromatic heterocycles. The molecule has 0 saturated carbocycles. The molecule has 9 heteroatoms. The van der Waals surface area contributed by atoms with Gasteiger partial charge < -0.3 is 5.32 Å². The van der Waals surface area contributed by atoms with Crippen LogP contribution < -0.4 is 10.0 Å². The number of hydrogen-bond donors (Lipinski definition) is 2. The summed E-state index contributed by atoms with van der Waals surface area (Å²) in [5.74, 6) is -0.532. The maximum absolute atomic E-state index is 13.9. The molecule has 2 aromatic carbocycles. The van der Waals surface area contributed by atoms with E-state index in [9.17, 15) is 12.8 Å². The summed E-state index contributed by atoms with van der Waals surface area (Å²) in [6, 6.07) is 14.5. The Morgan fingerprint density at radius 1 is 1.04 bits per heavy atom. The lowest BCUT2D eigenvalue weighted by Gasteiger charge is -2.24. The van der Waals surface area contributed by atoms with Crippen molar-refractivity contribution in [3.63, 3.8) is 0 Å². The molecule has 1 aliphatic heterocycles. The predicted molar refractivity (Wildman–Crippen MR) is 106 cm³/mol. The Balaban J connectivity index is 1.79. The Morgan fingerprint density at radius 2 is 1.82 bits per heavy atom. The maximum atomic E-state index is 13.9. The molecule has 0 bridgehead atoms. The van der Waals surface area contributed by atoms with E-state index in [1.54, 1.807) is 36.5 Å². The van der Waals surface area contributed by atoms with Crippen LogP contribution in [0, 0.1) is 5.82 Å². The lowest BCUT2D eigenvalue weighted by molar-refractivity contribution is 0.591. The normalized spacial score (nSPS) is 16.1. The van der Waals surface area contributed by atoms with Gasteiger partial charge in [0.15, 0.2) is 0 Å². The van der Waals surface area contributed by atoms with Crippen LogP contribution >= 0.6 is 11.6 Å². The molecule has 1 aliphatic rings. The van der Waals surface area contributed by atoms with E-state index in [1.807, 2.05) is 6.07 Å². The highest BCUT2D eigenvalue weighted by Gasteiger charge is 2.29. The largest absolute Gasteiger partial charge is 0.324 e. The highest BCUT2D eigenvalue weighted by Crippen LogP contribution is 2.39. The fourth-order valence-electron chi connectivity index (χ4n) is 2.87. The van der Waals surface area contributed by atoms with Crippen LogP contribution in [0.5, 0.6) is 0 Å². The SMILES string of the molecule is O=S1(=O)NC(=NCc2ccccn2)Nc2c(-c3cccc(F)c3Cl)cccc21.